The predicted octanol–water partition coefficient (Wildman–Crippen LogP) is 2.54. The van der Waals surface area contributed by atoms with Gasteiger partial charge >= 0.3 is 0 Å². The van der Waals surface area contributed by atoms with Gasteiger partial charge in [0.25, 0.3) is 5.91 Å². The topological polar surface area (TPSA) is 41.1 Å². The van der Waals surface area contributed by atoms with Crippen molar-refractivity contribution in [3.05, 3.63) is 29.3 Å². The van der Waals surface area contributed by atoms with Crippen LogP contribution in [0.2, 0.25) is 0 Å². The van der Waals surface area contributed by atoms with Gasteiger partial charge < -0.3 is 10.6 Å². The van der Waals surface area contributed by atoms with Crippen molar-refractivity contribution in [2.75, 3.05) is 18.4 Å². The van der Waals surface area contributed by atoms with Crippen LogP contribution in [0.3, 0.4) is 0 Å². The van der Waals surface area contributed by atoms with Gasteiger partial charge in [0.15, 0.2) is 0 Å². The average molecular weight is 254 g/mol. The van der Waals surface area contributed by atoms with E-state index in [-0.39, 0.29) is 11.3 Å². The number of carbonyl (C=O) groups is 1. The molecular formula is C13H16F2N2O. The standard InChI is InChI=1S/C13H16F2N2O/c1-2-16-12-10(14)5-9(6-11(12)15)13(18)17-7-8-3-4-8/h5-6,8,16H,2-4,7H2,1H3,(H,17,18). The molecule has 0 aromatic heterocycles. The fourth-order valence-electron chi connectivity index (χ4n) is 1.71. The van der Waals surface area contributed by atoms with Gasteiger partial charge in [-0.3, -0.25) is 4.79 Å². The van der Waals surface area contributed by atoms with Gasteiger partial charge in [0, 0.05) is 18.7 Å². The van der Waals surface area contributed by atoms with Crippen LogP contribution in [0.25, 0.3) is 0 Å². The zero-order chi connectivity index (χ0) is 13.1. The molecule has 0 heterocycles. The third-order valence-electron chi connectivity index (χ3n) is 2.91. The summed E-state index contributed by atoms with van der Waals surface area (Å²) in [5.74, 6) is -1.38. The molecule has 0 radical (unpaired) electrons. The monoisotopic (exact) mass is 254 g/mol. The van der Waals surface area contributed by atoms with Gasteiger partial charge in [0.05, 0.1) is 0 Å². The molecule has 2 rings (SSSR count). The second-order valence-electron chi connectivity index (χ2n) is 4.50. The normalized spacial score (nSPS) is 14.4. The largest absolute Gasteiger partial charge is 0.381 e. The fraction of sp³-hybridized carbons (Fsp3) is 0.462. The Morgan fingerprint density at radius 3 is 2.44 bits per heavy atom. The van der Waals surface area contributed by atoms with E-state index in [4.69, 9.17) is 0 Å². The number of amides is 1. The van der Waals surface area contributed by atoms with Gasteiger partial charge in [-0.05, 0) is 37.8 Å². The minimum absolute atomic E-state index is 0.0207. The molecule has 1 aliphatic carbocycles. The quantitative estimate of drug-likeness (QED) is 0.847. The van der Waals surface area contributed by atoms with E-state index in [1.54, 1.807) is 6.92 Å². The molecule has 1 aromatic carbocycles. The molecule has 0 saturated heterocycles. The molecule has 98 valence electrons. The Bertz CT molecular complexity index is 435. The van der Waals surface area contributed by atoms with E-state index in [0.717, 1.165) is 25.0 Å². The molecular weight excluding hydrogens is 238 g/mol. The summed E-state index contributed by atoms with van der Waals surface area (Å²) in [4.78, 5) is 11.7. The number of nitrogens with one attached hydrogen (secondary N) is 2. The molecule has 1 fully saturated rings. The summed E-state index contributed by atoms with van der Waals surface area (Å²) in [6.07, 6.45) is 2.23. The Hall–Kier alpha value is -1.65. The maximum absolute atomic E-state index is 13.6. The molecule has 5 heteroatoms. The fourth-order valence-corrected chi connectivity index (χ4v) is 1.71. The summed E-state index contributed by atoms with van der Waals surface area (Å²) < 4.78 is 27.2. The van der Waals surface area contributed by atoms with E-state index in [0.29, 0.717) is 19.0 Å². The van der Waals surface area contributed by atoms with Gasteiger partial charge in [-0.25, -0.2) is 8.78 Å². The van der Waals surface area contributed by atoms with Crippen LogP contribution in [-0.4, -0.2) is 19.0 Å². The van der Waals surface area contributed by atoms with Crippen molar-refractivity contribution in [2.45, 2.75) is 19.8 Å². The first-order valence-corrected chi connectivity index (χ1v) is 6.13. The zero-order valence-electron chi connectivity index (χ0n) is 10.2. The van der Waals surface area contributed by atoms with E-state index < -0.39 is 17.5 Å². The van der Waals surface area contributed by atoms with Gasteiger partial charge in [-0.2, -0.15) is 0 Å². The van der Waals surface area contributed by atoms with Crippen LogP contribution in [0.4, 0.5) is 14.5 Å². The Morgan fingerprint density at radius 1 is 1.33 bits per heavy atom. The highest BCUT2D eigenvalue weighted by atomic mass is 19.1. The highest BCUT2D eigenvalue weighted by Crippen LogP contribution is 2.27. The average Bonchev–Trinajstić information content (AvgIpc) is 3.14. The molecule has 2 N–H and O–H groups in total. The number of halogens is 2. The minimum atomic E-state index is -0.742. The van der Waals surface area contributed by atoms with Gasteiger partial charge in [-0.1, -0.05) is 0 Å². The van der Waals surface area contributed by atoms with Crippen molar-refractivity contribution < 1.29 is 13.6 Å². The highest BCUT2D eigenvalue weighted by Gasteiger charge is 2.22. The number of hydrogen-bond donors (Lipinski definition) is 2. The Labute approximate surface area is 105 Å². The van der Waals surface area contributed by atoms with E-state index in [1.165, 1.54) is 0 Å². The maximum atomic E-state index is 13.6. The molecule has 0 unspecified atom stereocenters. The van der Waals surface area contributed by atoms with Crippen LogP contribution >= 0.6 is 0 Å². The van der Waals surface area contributed by atoms with E-state index in [9.17, 15) is 13.6 Å². The van der Waals surface area contributed by atoms with Crippen molar-refractivity contribution >= 4 is 11.6 Å². The minimum Gasteiger partial charge on any atom is -0.381 e. The molecule has 0 bridgehead atoms. The van der Waals surface area contributed by atoms with Crippen LogP contribution in [0, 0.1) is 17.6 Å². The first-order valence-electron chi connectivity index (χ1n) is 6.13. The van der Waals surface area contributed by atoms with E-state index in [1.807, 2.05) is 0 Å². The summed E-state index contributed by atoms with van der Waals surface area (Å²) in [6, 6.07) is 2.12. The van der Waals surface area contributed by atoms with Crippen molar-refractivity contribution in [3.8, 4) is 0 Å². The van der Waals surface area contributed by atoms with Crippen LogP contribution in [0.15, 0.2) is 12.1 Å². The predicted molar refractivity (Wildman–Crippen MR) is 65.6 cm³/mol. The Balaban J connectivity index is 2.10. The number of rotatable bonds is 5. The third-order valence-corrected chi connectivity index (χ3v) is 2.91. The van der Waals surface area contributed by atoms with Crippen molar-refractivity contribution in [2.24, 2.45) is 5.92 Å². The first kappa shape index (κ1) is 12.8. The van der Waals surface area contributed by atoms with E-state index in [2.05, 4.69) is 10.6 Å². The molecule has 3 nitrogen and oxygen atoms in total. The van der Waals surface area contributed by atoms with Gasteiger partial charge in [0.2, 0.25) is 0 Å². The van der Waals surface area contributed by atoms with E-state index >= 15 is 0 Å². The molecule has 1 aliphatic rings. The lowest BCUT2D eigenvalue weighted by molar-refractivity contribution is 0.0951. The second-order valence-corrected chi connectivity index (χ2v) is 4.50. The maximum Gasteiger partial charge on any atom is 0.251 e. The second kappa shape index (κ2) is 5.33. The molecule has 1 amide bonds. The SMILES string of the molecule is CCNc1c(F)cc(C(=O)NCC2CC2)cc1F. The molecule has 1 aromatic rings. The lowest BCUT2D eigenvalue weighted by Gasteiger charge is -2.09. The van der Waals surface area contributed by atoms with Crippen molar-refractivity contribution in [3.63, 3.8) is 0 Å². The molecule has 1 saturated carbocycles. The van der Waals surface area contributed by atoms with Crippen LogP contribution in [0.1, 0.15) is 30.1 Å². The van der Waals surface area contributed by atoms with Gasteiger partial charge in [0.1, 0.15) is 17.3 Å². The Kier molecular flexibility index (Phi) is 3.79. The summed E-state index contributed by atoms with van der Waals surface area (Å²) in [5.41, 5.74) is -0.163. The lowest BCUT2D eigenvalue weighted by Crippen LogP contribution is -2.25. The highest BCUT2D eigenvalue weighted by molar-refractivity contribution is 5.94. The van der Waals surface area contributed by atoms with Crippen molar-refractivity contribution in [1.29, 1.82) is 0 Å². The summed E-state index contributed by atoms with van der Waals surface area (Å²) in [7, 11) is 0. The van der Waals surface area contributed by atoms with Crippen molar-refractivity contribution in [1.82, 2.24) is 5.32 Å². The first-order chi connectivity index (χ1) is 8.61. The number of anilines is 1. The van der Waals surface area contributed by atoms with Crippen LogP contribution < -0.4 is 10.6 Å². The van der Waals surface area contributed by atoms with Crippen LogP contribution in [-0.2, 0) is 0 Å². The molecule has 0 spiro atoms. The van der Waals surface area contributed by atoms with Crippen LogP contribution in [0.5, 0.6) is 0 Å². The summed E-state index contributed by atoms with van der Waals surface area (Å²) in [6.45, 7) is 2.74. The molecule has 18 heavy (non-hydrogen) atoms. The zero-order valence-corrected chi connectivity index (χ0v) is 10.2. The summed E-state index contributed by atoms with van der Waals surface area (Å²) >= 11 is 0. The number of hydrogen-bond acceptors (Lipinski definition) is 2. The number of carbonyl (C=O) groups excluding carboxylic acids is 1. The third kappa shape index (κ3) is 2.97. The molecule has 0 atom stereocenters. The Morgan fingerprint density at radius 2 is 1.94 bits per heavy atom. The smallest absolute Gasteiger partial charge is 0.251 e. The lowest BCUT2D eigenvalue weighted by atomic mass is 10.1. The summed E-state index contributed by atoms with van der Waals surface area (Å²) in [5, 5.41) is 5.26. The van der Waals surface area contributed by atoms with Gasteiger partial charge in [-0.15, -0.1) is 0 Å². The number of benzene rings is 1. The molecule has 0 aliphatic heterocycles.